The predicted molar refractivity (Wildman–Crippen MR) is 175 cm³/mol. The Bertz CT molecular complexity index is 1820. The van der Waals surface area contributed by atoms with Crippen LogP contribution in [0.2, 0.25) is 18.1 Å². The third-order valence-electron chi connectivity index (χ3n) is 10.7. The molecule has 6 rings (SSSR count). The molecular formula is C36H41F3N2O6Si. The zero-order valence-corrected chi connectivity index (χ0v) is 29.4. The molecule has 1 aromatic heterocycles. The van der Waals surface area contributed by atoms with Crippen molar-refractivity contribution in [3.05, 3.63) is 92.9 Å². The van der Waals surface area contributed by atoms with Crippen LogP contribution in [0, 0.1) is 18.8 Å². The van der Waals surface area contributed by atoms with Crippen LogP contribution in [-0.2, 0) is 23.6 Å². The number of benzene rings is 2. The van der Waals surface area contributed by atoms with Gasteiger partial charge in [-0.1, -0.05) is 57.2 Å². The highest BCUT2D eigenvalue weighted by Crippen LogP contribution is 2.60. The number of aliphatic hydroxyl groups is 1. The minimum Gasteiger partial charge on any atom is -0.508 e. The van der Waals surface area contributed by atoms with Gasteiger partial charge >= 0.3 is 6.18 Å². The molecule has 3 aromatic rings. The van der Waals surface area contributed by atoms with Gasteiger partial charge < -0.3 is 18.8 Å². The molecule has 3 aliphatic carbocycles. The normalized spacial score (nSPS) is 24.3. The summed E-state index contributed by atoms with van der Waals surface area (Å²) in [5.74, 6) is -3.38. The van der Waals surface area contributed by atoms with Crippen molar-refractivity contribution in [3.63, 3.8) is 0 Å². The molecule has 2 aromatic carbocycles. The van der Waals surface area contributed by atoms with Crippen LogP contribution >= 0.6 is 0 Å². The van der Waals surface area contributed by atoms with Gasteiger partial charge in [0.1, 0.15) is 17.9 Å². The van der Waals surface area contributed by atoms with Crippen LogP contribution in [0.25, 0.3) is 0 Å². The molecule has 0 aliphatic heterocycles. The molecule has 0 radical (unpaired) electrons. The molecule has 0 saturated heterocycles. The van der Waals surface area contributed by atoms with Gasteiger partial charge in [-0.25, -0.2) is 0 Å². The largest absolute Gasteiger partial charge is 0.508 e. The average Bonchev–Trinajstić information content (AvgIpc) is 3.40. The topological polar surface area (TPSA) is 102 Å². The fraction of sp³-hybridized carbons (Fsp3) is 0.472. The van der Waals surface area contributed by atoms with E-state index in [0.717, 1.165) is 11.6 Å². The van der Waals surface area contributed by atoms with Crippen LogP contribution in [0.1, 0.15) is 82.0 Å². The maximum atomic E-state index is 15.2. The first-order chi connectivity index (χ1) is 22.3. The highest BCUT2D eigenvalue weighted by Gasteiger charge is 2.67. The molecule has 0 fully saturated rings. The molecule has 1 unspecified atom stereocenters. The van der Waals surface area contributed by atoms with Crippen LogP contribution in [-0.4, -0.2) is 54.7 Å². The number of alkyl halides is 3. The van der Waals surface area contributed by atoms with E-state index in [2.05, 4.69) is 5.16 Å². The van der Waals surface area contributed by atoms with Gasteiger partial charge in [0.05, 0.1) is 11.6 Å². The Balaban J connectivity index is 1.59. The Labute approximate surface area is 279 Å². The number of halogens is 3. The third kappa shape index (κ3) is 5.14. The van der Waals surface area contributed by atoms with Crippen molar-refractivity contribution in [1.82, 2.24) is 10.1 Å². The molecule has 0 bridgehead atoms. The summed E-state index contributed by atoms with van der Waals surface area (Å²) in [7, 11) is 0.650. The second kappa shape index (κ2) is 11.4. The number of fused-ring (bicyclic) bond motifs is 4. The second-order valence-electron chi connectivity index (χ2n) is 15.0. The smallest absolute Gasteiger partial charge is 0.416 e. The minimum absolute atomic E-state index is 0.0180. The number of aryl methyl sites for hydroxylation is 1. The molecule has 8 nitrogen and oxygen atoms in total. The number of Topliss-reactive ketones (excluding diaryl/α,β-unsaturated/α-hetero) is 2. The standard InChI is InChI=1S/C36H41F3N2O6Si/c1-19-14-15-23(36(37,38)39)22-16-21-17-24-28(41(5)6)30-27(33(40-46-30)45-18-20-12-10-9-11-13-20)32(44)35(24,47-48(7,8)34(2,3)4)31(43)26(21)29(42)25(19)22/h9-15,21,24,28,43H,16-18H2,1-8H3/t21-,24-,28-,35?/m0/s1. The summed E-state index contributed by atoms with van der Waals surface area (Å²) in [4.78, 5) is 31.4. The Morgan fingerprint density at radius 2 is 1.73 bits per heavy atom. The maximum Gasteiger partial charge on any atom is 0.416 e. The van der Waals surface area contributed by atoms with Gasteiger partial charge in [0, 0.05) is 17.1 Å². The molecule has 0 spiro atoms. The van der Waals surface area contributed by atoms with Crippen LogP contribution in [0.5, 0.6) is 5.88 Å². The third-order valence-corrected chi connectivity index (χ3v) is 15.2. The van der Waals surface area contributed by atoms with Gasteiger partial charge in [0.15, 0.2) is 25.5 Å². The first kappa shape index (κ1) is 34.1. The Morgan fingerprint density at radius 1 is 1.06 bits per heavy atom. The zero-order chi connectivity index (χ0) is 35.1. The number of hydrogen-bond acceptors (Lipinski definition) is 8. The number of carbonyl (C=O) groups is 2. The number of ether oxygens (including phenoxy) is 1. The molecule has 256 valence electrons. The number of hydrogen-bond donors (Lipinski definition) is 1. The highest BCUT2D eigenvalue weighted by atomic mass is 28.4. The minimum atomic E-state index is -4.68. The lowest BCUT2D eigenvalue weighted by Gasteiger charge is -2.55. The lowest BCUT2D eigenvalue weighted by molar-refractivity contribution is -0.138. The number of nitrogens with zero attached hydrogens (tertiary/aromatic N) is 2. The number of aliphatic hydroxyl groups excluding tert-OH is 1. The van der Waals surface area contributed by atoms with Crippen LogP contribution < -0.4 is 4.74 Å². The molecule has 12 heteroatoms. The Morgan fingerprint density at radius 3 is 2.33 bits per heavy atom. The van der Waals surface area contributed by atoms with Crippen LogP contribution in [0.4, 0.5) is 13.2 Å². The number of ketones is 2. The molecule has 0 saturated carbocycles. The van der Waals surface area contributed by atoms with Crippen molar-refractivity contribution in [3.8, 4) is 5.88 Å². The summed E-state index contributed by atoms with van der Waals surface area (Å²) in [6, 6.07) is 10.9. The van der Waals surface area contributed by atoms with Gasteiger partial charge in [0.25, 0.3) is 5.88 Å². The Kier molecular flexibility index (Phi) is 8.12. The number of allylic oxidation sites excluding steroid dienone is 1. The fourth-order valence-corrected chi connectivity index (χ4v) is 8.87. The molecule has 4 atom stereocenters. The van der Waals surface area contributed by atoms with E-state index in [0.29, 0.717) is 5.56 Å². The fourth-order valence-electron chi connectivity index (χ4n) is 7.42. The average molecular weight is 683 g/mol. The SMILES string of the molecule is Cc1ccc(C(F)(F)F)c2c1C(=O)C1=C(O)C3(O[Si](C)(C)C(C)(C)C)C(=O)c4c(OCc5ccccc5)noc4[C@@H](N(C)C)[C@@H]3C[C@@H]1C2. The van der Waals surface area contributed by atoms with Crippen molar-refractivity contribution in [2.75, 3.05) is 14.1 Å². The molecule has 48 heavy (non-hydrogen) atoms. The summed E-state index contributed by atoms with van der Waals surface area (Å²) in [6.07, 6.45) is -4.73. The lowest BCUT2D eigenvalue weighted by Crippen LogP contribution is -2.65. The predicted octanol–water partition coefficient (Wildman–Crippen LogP) is 8.03. The zero-order valence-electron chi connectivity index (χ0n) is 28.4. The Hall–Kier alpha value is -3.74. The highest BCUT2D eigenvalue weighted by molar-refractivity contribution is 6.74. The summed E-state index contributed by atoms with van der Waals surface area (Å²) in [6.45, 7) is 11.6. The van der Waals surface area contributed by atoms with Gasteiger partial charge in [0.2, 0.25) is 5.78 Å². The van der Waals surface area contributed by atoms with Gasteiger partial charge in [-0.05, 0) is 85.8 Å². The number of rotatable bonds is 6. The van der Waals surface area contributed by atoms with Gasteiger partial charge in [-0.15, -0.1) is 0 Å². The van der Waals surface area contributed by atoms with E-state index in [1.165, 1.54) is 6.07 Å². The molecule has 1 N–H and O–H groups in total. The monoisotopic (exact) mass is 682 g/mol. The number of aromatic nitrogens is 1. The van der Waals surface area contributed by atoms with E-state index >= 15 is 4.79 Å². The first-order valence-corrected chi connectivity index (χ1v) is 19.0. The summed E-state index contributed by atoms with van der Waals surface area (Å²) < 4.78 is 61.7. The van der Waals surface area contributed by atoms with Crippen molar-refractivity contribution in [2.45, 2.75) is 83.1 Å². The van der Waals surface area contributed by atoms with Crippen LogP contribution in [0.15, 0.2) is 58.3 Å². The van der Waals surface area contributed by atoms with Crippen molar-refractivity contribution >= 4 is 19.9 Å². The van der Waals surface area contributed by atoms with Crippen LogP contribution in [0.3, 0.4) is 0 Å². The summed E-state index contributed by atoms with van der Waals surface area (Å²) >= 11 is 0. The van der Waals surface area contributed by atoms with E-state index < -0.39 is 65.9 Å². The molecule has 0 amide bonds. The first-order valence-electron chi connectivity index (χ1n) is 16.1. The summed E-state index contributed by atoms with van der Waals surface area (Å²) in [5.41, 5.74) is -1.95. The molecule has 3 aliphatic rings. The van der Waals surface area contributed by atoms with Gasteiger partial charge in [-0.2, -0.15) is 13.2 Å². The maximum absolute atomic E-state index is 15.2. The summed E-state index contributed by atoms with van der Waals surface area (Å²) in [5, 5.41) is 16.3. The number of carbonyl (C=O) groups excluding carboxylic acids is 2. The second-order valence-corrected chi connectivity index (χ2v) is 19.7. The van der Waals surface area contributed by atoms with E-state index in [9.17, 15) is 23.1 Å². The lowest BCUT2D eigenvalue weighted by atomic mass is 9.58. The van der Waals surface area contributed by atoms with Crippen molar-refractivity contribution in [1.29, 1.82) is 0 Å². The molecular weight excluding hydrogens is 641 g/mol. The van der Waals surface area contributed by atoms with E-state index in [1.54, 1.807) is 21.0 Å². The van der Waals surface area contributed by atoms with E-state index in [-0.39, 0.29) is 53.4 Å². The van der Waals surface area contributed by atoms with Crippen molar-refractivity contribution in [2.24, 2.45) is 11.8 Å². The molecule has 1 heterocycles. The van der Waals surface area contributed by atoms with E-state index in [4.69, 9.17) is 13.7 Å². The van der Waals surface area contributed by atoms with Crippen molar-refractivity contribution < 1.29 is 41.6 Å². The van der Waals surface area contributed by atoms with E-state index in [1.807, 2.05) is 69.1 Å². The van der Waals surface area contributed by atoms with Gasteiger partial charge in [-0.3, -0.25) is 14.5 Å². The quantitative estimate of drug-likeness (QED) is 0.261.